The Morgan fingerprint density at radius 2 is 1.88 bits per heavy atom. The standard InChI is InChI=1S/C18H20N2O5S/c1-11-4-5-13(6-12(11)2)7-17(23)25-9-15(21)20-18-19-14(10-26-18)8-16(22)24-3/h4-6,10H,7-9H2,1-3H3,(H,19,20,21). The SMILES string of the molecule is COC(=O)Cc1csc(NC(=O)COC(=O)Cc2ccc(C)c(C)c2)n1. The fraction of sp³-hybridized carbons (Fsp3) is 0.333. The van der Waals surface area contributed by atoms with Gasteiger partial charge in [0.15, 0.2) is 11.7 Å². The Hall–Kier alpha value is -2.74. The summed E-state index contributed by atoms with van der Waals surface area (Å²) >= 11 is 1.18. The van der Waals surface area contributed by atoms with Crippen LogP contribution in [0.25, 0.3) is 0 Å². The highest BCUT2D eigenvalue weighted by Gasteiger charge is 2.12. The number of hydrogen-bond donors (Lipinski definition) is 1. The molecule has 2 aromatic rings. The third-order valence-corrected chi connectivity index (χ3v) is 4.44. The van der Waals surface area contributed by atoms with Gasteiger partial charge in [-0.3, -0.25) is 19.7 Å². The van der Waals surface area contributed by atoms with Crippen molar-refractivity contribution in [2.75, 3.05) is 19.0 Å². The van der Waals surface area contributed by atoms with Crippen LogP contribution in [0.15, 0.2) is 23.6 Å². The second-order valence-corrected chi connectivity index (χ2v) is 6.56. The van der Waals surface area contributed by atoms with Crippen molar-refractivity contribution in [2.24, 2.45) is 0 Å². The van der Waals surface area contributed by atoms with Gasteiger partial charge < -0.3 is 9.47 Å². The van der Waals surface area contributed by atoms with Crippen LogP contribution in [-0.2, 0) is 36.7 Å². The average molecular weight is 376 g/mol. The summed E-state index contributed by atoms with van der Waals surface area (Å²) in [6.45, 7) is 3.58. The van der Waals surface area contributed by atoms with Crippen molar-refractivity contribution in [1.29, 1.82) is 0 Å². The molecule has 0 unspecified atom stereocenters. The summed E-state index contributed by atoms with van der Waals surface area (Å²) in [6, 6.07) is 5.73. The Balaban J connectivity index is 1.78. The zero-order valence-corrected chi connectivity index (χ0v) is 15.6. The van der Waals surface area contributed by atoms with Gasteiger partial charge in [0.2, 0.25) is 0 Å². The zero-order valence-electron chi connectivity index (χ0n) is 14.8. The van der Waals surface area contributed by atoms with Crippen molar-refractivity contribution in [3.05, 3.63) is 46.0 Å². The minimum atomic E-state index is -0.489. The number of amides is 1. The smallest absolute Gasteiger partial charge is 0.311 e. The number of thiazole rings is 1. The molecule has 1 N–H and O–H groups in total. The number of carbonyl (C=O) groups excluding carboxylic acids is 3. The van der Waals surface area contributed by atoms with E-state index in [2.05, 4.69) is 15.0 Å². The van der Waals surface area contributed by atoms with Crippen LogP contribution in [0.3, 0.4) is 0 Å². The number of rotatable bonds is 7. The van der Waals surface area contributed by atoms with Gasteiger partial charge in [0.05, 0.1) is 25.6 Å². The monoisotopic (exact) mass is 376 g/mol. The molecule has 0 bridgehead atoms. The van der Waals surface area contributed by atoms with Gasteiger partial charge in [-0.05, 0) is 30.5 Å². The molecule has 0 radical (unpaired) electrons. The molecule has 26 heavy (non-hydrogen) atoms. The number of methoxy groups -OCH3 is 1. The number of aromatic nitrogens is 1. The maximum absolute atomic E-state index is 11.9. The van der Waals surface area contributed by atoms with E-state index in [1.54, 1.807) is 5.38 Å². The summed E-state index contributed by atoms with van der Waals surface area (Å²) in [5.41, 5.74) is 3.59. The number of hydrogen-bond acceptors (Lipinski definition) is 7. The Bertz CT molecular complexity index is 816. The summed E-state index contributed by atoms with van der Waals surface area (Å²) in [7, 11) is 1.30. The summed E-state index contributed by atoms with van der Waals surface area (Å²) < 4.78 is 9.54. The van der Waals surface area contributed by atoms with E-state index in [9.17, 15) is 14.4 Å². The molecular formula is C18H20N2O5S. The molecule has 0 spiro atoms. The van der Waals surface area contributed by atoms with Crippen molar-refractivity contribution in [1.82, 2.24) is 4.98 Å². The molecule has 0 saturated heterocycles. The molecule has 0 aliphatic heterocycles. The Kier molecular flexibility index (Phi) is 6.85. The highest BCUT2D eigenvalue weighted by atomic mass is 32.1. The molecule has 7 nitrogen and oxygen atoms in total. The zero-order chi connectivity index (χ0) is 19.1. The van der Waals surface area contributed by atoms with E-state index in [-0.39, 0.29) is 12.8 Å². The summed E-state index contributed by atoms with van der Waals surface area (Å²) in [6.07, 6.45) is 0.142. The lowest BCUT2D eigenvalue weighted by Gasteiger charge is -2.06. The topological polar surface area (TPSA) is 94.6 Å². The van der Waals surface area contributed by atoms with E-state index in [1.807, 2.05) is 32.0 Å². The maximum atomic E-state index is 11.9. The van der Waals surface area contributed by atoms with Gasteiger partial charge in [-0.1, -0.05) is 18.2 Å². The van der Waals surface area contributed by atoms with Crippen LogP contribution >= 0.6 is 11.3 Å². The fourth-order valence-electron chi connectivity index (χ4n) is 2.10. The first-order valence-electron chi connectivity index (χ1n) is 7.90. The normalized spacial score (nSPS) is 10.3. The number of aryl methyl sites for hydroxylation is 2. The van der Waals surface area contributed by atoms with Crippen LogP contribution in [0, 0.1) is 13.8 Å². The second kappa shape index (κ2) is 9.10. The highest BCUT2D eigenvalue weighted by molar-refractivity contribution is 7.13. The van der Waals surface area contributed by atoms with Gasteiger partial charge >= 0.3 is 11.9 Å². The summed E-state index contributed by atoms with van der Waals surface area (Å²) in [5.74, 6) is -1.38. The van der Waals surface area contributed by atoms with Crippen molar-refractivity contribution >= 4 is 34.3 Å². The predicted octanol–water partition coefficient (Wildman–Crippen LogP) is 2.20. The fourth-order valence-corrected chi connectivity index (χ4v) is 2.82. The first-order valence-corrected chi connectivity index (χ1v) is 8.78. The molecule has 0 atom stereocenters. The lowest BCUT2D eigenvalue weighted by atomic mass is 10.0. The Morgan fingerprint density at radius 1 is 1.12 bits per heavy atom. The van der Waals surface area contributed by atoms with E-state index in [0.29, 0.717) is 10.8 Å². The second-order valence-electron chi connectivity index (χ2n) is 5.70. The molecule has 1 amide bonds. The van der Waals surface area contributed by atoms with Crippen LogP contribution in [-0.4, -0.2) is 36.5 Å². The van der Waals surface area contributed by atoms with Gasteiger partial charge in [-0.2, -0.15) is 0 Å². The summed E-state index contributed by atoms with van der Waals surface area (Å²) in [5, 5.41) is 4.51. The molecule has 138 valence electrons. The van der Waals surface area contributed by atoms with Gasteiger partial charge in [-0.15, -0.1) is 11.3 Å². The van der Waals surface area contributed by atoms with Crippen LogP contribution in [0.1, 0.15) is 22.4 Å². The highest BCUT2D eigenvalue weighted by Crippen LogP contribution is 2.16. The van der Waals surface area contributed by atoms with Crippen LogP contribution < -0.4 is 5.32 Å². The minimum Gasteiger partial charge on any atom is -0.469 e. The van der Waals surface area contributed by atoms with Crippen molar-refractivity contribution < 1.29 is 23.9 Å². The maximum Gasteiger partial charge on any atom is 0.311 e. The number of carbonyl (C=O) groups is 3. The number of nitrogens with zero attached hydrogens (tertiary/aromatic N) is 1. The lowest BCUT2D eigenvalue weighted by molar-refractivity contribution is -0.146. The Labute approximate surface area is 155 Å². The molecule has 1 aromatic heterocycles. The van der Waals surface area contributed by atoms with Gasteiger partial charge in [0.1, 0.15) is 0 Å². The molecule has 1 aromatic carbocycles. The van der Waals surface area contributed by atoms with Crippen LogP contribution in [0.5, 0.6) is 0 Å². The van der Waals surface area contributed by atoms with E-state index in [0.717, 1.165) is 16.7 Å². The predicted molar refractivity (Wildman–Crippen MR) is 97.0 cm³/mol. The van der Waals surface area contributed by atoms with Crippen molar-refractivity contribution in [3.63, 3.8) is 0 Å². The third-order valence-electron chi connectivity index (χ3n) is 3.64. The molecule has 0 fully saturated rings. The first-order chi connectivity index (χ1) is 12.4. The molecular weight excluding hydrogens is 356 g/mol. The number of nitrogens with one attached hydrogen (secondary N) is 1. The molecule has 0 aliphatic rings. The van der Waals surface area contributed by atoms with Gasteiger partial charge in [0.25, 0.3) is 5.91 Å². The quantitative estimate of drug-likeness (QED) is 0.745. The van der Waals surface area contributed by atoms with Gasteiger partial charge in [-0.25, -0.2) is 4.98 Å². The van der Waals surface area contributed by atoms with E-state index < -0.39 is 24.5 Å². The lowest BCUT2D eigenvalue weighted by Crippen LogP contribution is -2.21. The van der Waals surface area contributed by atoms with Crippen molar-refractivity contribution in [3.8, 4) is 0 Å². The number of esters is 2. The van der Waals surface area contributed by atoms with Crippen molar-refractivity contribution in [2.45, 2.75) is 26.7 Å². The number of anilines is 1. The van der Waals surface area contributed by atoms with E-state index in [1.165, 1.54) is 18.4 Å². The van der Waals surface area contributed by atoms with Gasteiger partial charge in [0, 0.05) is 5.38 Å². The van der Waals surface area contributed by atoms with E-state index >= 15 is 0 Å². The average Bonchev–Trinajstić information content (AvgIpc) is 3.03. The van der Waals surface area contributed by atoms with Crippen LogP contribution in [0.4, 0.5) is 5.13 Å². The molecule has 8 heteroatoms. The third kappa shape index (κ3) is 5.96. The number of ether oxygens (including phenoxy) is 2. The van der Waals surface area contributed by atoms with E-state index in [4.69, 9.17) is 4.74 Å². The molecule has 0 saturated carbocycles. The molecule has 1 heterocycles. The number of benzene rings is 1. The first kappa shape index (κ1) is 19.6. The summed E-state index contributed by atoms with van der Waals surface area (Å²) in [4.78, 5) is 39.0. The molecule has 0 aliphatic carbocycles. The minimum absolute atomic E-state index is 0.0355. The van der Waals surface area contributed by atoms with Crippen LogP contribution in [0.2, 0.25) is 0 Å². The Morgan fingerprint density at radius 3 is 2.58 bits per heavy atom. The largest absolute Gasteiger partial charge is 0.469 e. The molecule has 2 rings (SSSR count).